The Morgan fingerprint density at radius 3 is 2.49 bits per heavy atom. The van der Waals surface area contributed by atoms with Crippen molar-refractivity contribution in [2.45, 2.75) is 97.1 Å². The summed E-state index contributed by atoms with van der Waals surface area (Å²) in [5.74, 6) is 1.50. The molecular formula is C29H40FNO4. The molecule has 0 radical (unpaired) electrons. The van der Waals surface area contributed by atoms with Crippen molar-refractivity contribution in [2.75, 3.05) is 13.2 Å². The third-order valence-corrected chi connectivity index (χ3v) is 8.99. The van der Waals surface area contributed by atoms with E-state index in [-0.39, 0.29) is 5.56 Å². The van der Waals surface area contributed by atoms with E-state index in [2.05, 4.69) is 13.8 Å². The summed E-state index contributed by atoms with van der Waals surface area (Å²) >= 11 is 0. The Hall–Kier alpha value is -2.11. The standard InChI is InChI=1S/C29H40FNO4/c1-28(2,3)35-27(33)24-7-6-12-31(24)26(32)21-14-20(17-8-9-17)25(15-23(21)30)34-16-18-10-11-19-13-22(18)29(19,4)5/h14-15,17-19,22,24H,6-13,16H2,1-5H3/t18-,19+,22+,24+/m1/s1. The molecule has 0 aromatic heterocycles. The van der Waals surface area contributed by atoms with Crippen molar-refractivity contribution in [1.82, 2.24) is 4.90 Å². The van der Waals surface area contributed by atoms with E-state index < -0.39 is 29.3 Å². The highest BCUT2D eigenvalue weighted by molar-refractivity contribution is 5.98. The Balaban J connectivity index is 1.33. The van der Waals surface area contributed by atoms with E-state index in [0.29, 0.717) is 54.9 Å². The SMILES string of the molecule is CC(C)(C)OC(=O)[C@@H]1CCCN1C(=O)c1cc(C2CC2)c(OC[C@H]2CC[C@H]3C[C@@H]2C3(C)C)cc1F. The highest BCUT2D eigenvalue weighted by atomic mass is 19.1. The monoisotopic (exact) mass is 485 g/mol. The van der Waals surface area contributed by atoms with Gasteiger partial charge in [-0.3, -0.25) is 4.79 Å². The number of amides is 1. The summed E-state index contributed by atoms with van der Waals surface area (Å²) in [6.07, 6.45) is 7.02. The lowest BCUT2D eigenvalue weighted by atomic mass is 9.46. The first-order chi connectivity index (χ1) is 16.5. The smallest absolute Gasteiger partial charge is 0.329 e. The molecule has 5 nitrogen and oxygen atoms in total. The van der Waals surface area contributed by atoms with Gasteiger partial charge in [-0.25, -0.2) is 9.18 Å². The summed E-state index contributed by atoms with van der Waals surface area (Å²) in [6.45, 7) is 11.2. The summed E-state index contributed by atoms with van der Waals surface area (Å²) in [5.41, 5.74) is 0.721. The Kier molecular flexibility index (Phi) is 6.16. The molecule has 4 saturated carbocycles. The molecule has 1 aromatic rings. The number of esters is 1. The van der Waals surface area contributed by atoms with Gasteiger partial charge in [-0.05, 0) is 106 Å². The lowest BCUT2D eigenvalue weighted by Crippen LogP contribution is -2.53. The van der Waals surface area contributed by atoms with Crippen LogP contribution in [0.15, 0.2) is 12.1 Å². The van der Waals surface area contributed by atoms with Crippen molar-refractivity contribution in [3.8, 4) is 5.75 Å². The van der Waals surface area contributed by atoms with Crippen molar-refractivity contribution >= 4 is 11.9 Å². The maximum absolute atomic E-state index is 15.3. The van der Waals surface area contributed by atoms with Gasteiger partial charge >= 0.3 is 5.97 Å². The number of fused-ring (bicyclic) bond motifs is 2. The van der Waals surface area contributed by atoms with Crippen LogP contribution in [0.25, 0.3) is 0 Å². The zero-order valence-corrected chi connectivity index (χ0v) is 21.9. The lowest BCUT2D eigenvalue weighted by molar-refractivity contribution is -0.159. The molecule has 1 aromatic carbocycles. The Labute approximate surface area is 208 Å². The second kappa shape index (κ2) is 8.77. The minimum Gasteiger partial charge on any atom is -0.493 e. The third-order valence-electron chi connectivity index (χ3n) is 8.99. The number of likely N-dealkylation sites (tertiary alicyclic amines) is 1. The number of halogens is 1. The van der Waals surface area contributed by atoms with Crippen LogP contribution < -0.4 is 4.74 Å². The van der Waals surface area contributed by atoms with Crippen LogP contribution in [0.1, 0.15) is 101 Å². The van der Waals surface area contributed by atoms with Gasteiger partial charge in [-0.1, -0.05) is 13.8 Å². The van der Waals surface area contributed by atoms with Crippen LogP contribution in [0.2, 0.25) is 0 Å². The molecule has 0 N–H and O–H groups in total. The van der Waals surface area contributed by atoms with Crippen molar-refractivity contribution in [2.24, 2.45) is 23.2 Å². The third kappa shape index (κ3) is 4.70. The van der Waals surface area contributed by atoms with Crippen LogP contribution >= 0.6 is 0 Å². The number of ether oxygens (including phenoxy) is 2. The number of rotatable bonds is 6. The molecule has 1 aliphatic heterocycles. The van der Waals surface area contributed by atoms with E-state index in [0.717, 1.165) is 24.3 Å². The molecule has 6 rings (SSSR count). The van der Waals surface area contributed by atoms with Crippen LogP contribution in [0.5, 0.6) is 5.75 Å². The fraction of sp³-hybridized carbons (Fsp3) is 0.724. The molecule has 0 unspecified atom stereocenters. The second-order valence-corrected chi connectivity index (χ2v) is 12.8. The van der Waals surface area contributed by atoms with Crippen molar-refractivity contribution < 1.29 is 23.5 Å². The predicted molar refractivity (Wildman–Crippen MR) is 132 cm³/mol. The summed E-state index contributed by atoms with van der Waals surface area (Å²) in [7, 11) is 0. The Morgan fingerprint density at radius 2 is 1.86 bits per heavy atom. The average molecular weight is 486 g/mol. The summed E-state index contributed by atoms with van der Waals surface area (Å²) in [6, 6.07) is 2.44. The van der Waals surface area contributed by atoms with Gasteiger partial charge in [-0.2, -0.15) is 0 Å². The first kappa shape index (κ1) is 24.6. The number of carbonyl (C=O) groups is 2. The highest BCUT2D eigenvalue weighted by Crippen LogP contribution is 2.61. The van der Waals surface area contributed by atoms with E-state index in [9.17, 15) is 9.59 Å². The summed E-state index contributed by atoms with van der Waals surface area (Å²) in [4.78, 5) is 27.6. The van der Waals surface area contributed by atoms with E-state index in [1.165, 1.54) is 30.2 Å². The Bertz CT molecular complexity index is 1010. The number of nitrogens with zero attached hydrogens (tertiary/aromatic N) is 1. The fourth-order valence-electron chi connectivity index (χ4n) is 6.71. The molecular weight excluding hydrogens is 445 g/mol. The van der Waals surface area contributed by atoms with Gasteiger partial charge in [0, 0.05) is 12.6 Å². The quantitative estimate of drug-likeness (QED) is 0.457. The van der Waals surface area contributed by atoms with Gasteiger partial charge in [0.15, 0.2) is 0 Å². The molecule has 2 bridgehead atoms. The number of hydrogen-bond donors (Lipinski definition) is 0. The first-order valence-electron chi connectivity index (χ1n) is 13.5. The molecule has 5 aliphatic rings. The molecule has 1 amide bonds. The van der Waals surface area contributed by atoms with E-state index >= 15 is 4.39 Å². The molecule has 1 saturated heterocycles. The maximum atomic E-state index is 15.3. The van der Waals surface area contributed by atoms with Gasteiger partial charge < -0.3 is 14.4 Å². The number of benzene rings is 1. The lowest BCUT2D eigenvalue weighted by Gasteiger charge is -2.60. The highest BCUT2D eigenvalue weighted by Gasteiger charge is 2.54. The van der Waals surface area contributed by atoms with Gasteiger partial charge in [-0.15, -0.1) is 0 Å². The summed E-state index contributed by atoms with van der Waals surface area (Å²) in [5, 5.41) is 0. The van der Waals surface area contributed by atoms with E-state index in [1.807, 2.05) is 20.8 Å². The first-order valence-corrected chi connectivity index (χ1v) is 13.5. The molecule has 192 valence electrons. The molecule has 4 aliphatic carbocycles. The second-order valence-electron chi connectivity index (χ2n) is 12.8. The molecule has 5 fully saturated rings. The maximum Gasteiger partial charge on any atom is 0.329 e. The zero-order valence-electron chi connectivity index (χ0n) is 21.9. The normalized spacial score (nSPS) is 29.5. The largest absolute Gasteiger partial charge is 0.493 e. The van der Waals surface area contributed by atoms with Crippen molar-refractivity contribution in [3.63, 3.8) is 0 Å². The molecule has 0 spiro atoms. The van der Waals surface area contributed by atoms with Crippen LogP contribution in [0.4, 0.5) is 4.39 Å². The number of carbonyl (C=O) groups excluding carboxylic acids is 2. The molecule has 4 atom stereocenters. The molecule has 6 heteroatoms. The van der Waals surface area contributed by atoms with E-state index in [1.54, 1.807) is 6.07 Å². The van der Waals surface area contributed by atoms with Crippen LogP contribution in [0.3, 0.4) is 0 Å². The van der Waals surface area contributed by atoms with Crippen molar-refractivity contribution in [3.05, 3.63) is 29.1 Å². The predicted octanol–water partition coefficient (Wildman–Crippen LogP) is 6.10. The van der Waals surface area contributed by atoms with Gasteiger partial charge in [0.25, 0.3) is 5.91 Å². The van der Waals surface area contributed by atoms with E-state index in [4.69, 9.17) is 9.47 Å². The van der Waals surface area contributed by atoms with Crippen LogP contribution in [-0.4, -0.2) is 41.6 Å². The minimum atomic E-state index is -0.664. The van der Waals surface area contributed by atoms with Crippen LogP contribution in [-0.2, 0) is 9.53 Å². The Morgan fingerprint density at radius 1 is 1.11 bits per heavy atom. The van der Waals surface area contributed by atoms with Gasteiger partial charge in [0.2, 0.25) is 0 Å². The average Bonchev–Trinajstić information content (AvgIpc) is 3.51. The van der Waals surface area contributed by atoms with Crippen LogP contribution in [0, 0.1) is 29.0 Å². The zero-order chi connectivity index (χ0) is 25.1. The molecule has 1 heterocycles. The minimum absolute atomic E-state index is 0.0374. The topological polar surface area (TPSA) is 55.8 Å². The fourth-order valence-corrected chi connectivity index (χ4v) is 6.71. The number of hydrogen-bond acceptors (Lipinski definition) is 4. The van der Waals surface area contributed by atoms with Crippen molar-refractivity contribution in [1.29, 1.82) is 0 Å². The molecule has 35 heavy (non-hydrogen) atoms. The van der Waals surface area contributed by atoms with Gasteiger partial charge in [0.1, 0.15) is 23.2 Å². The van der Waals surface area contributed by atoms with Gasteiger partial charge in [0.05, 0.1) is 12.2 Å². The summed E-state index contributed by atoms with van der Waals surface area (Å²) < 4.78 is 27.2.